The molecule has 1 aromatic carbocycles. The van der Waals surface area contributed by atoms with Gasteiger partial charge in [0.2, 0.25) is 10.0 Å². The van der Waals surface area contributed by atoms with E-state index in [0.717, 1.165) is 24.8 Å². The van der Waals surface area contributed by atoms with Gasteiger partial charge in [0.05, 0.1) is 12.0 Å². The molecule has 2 N–H and O–H groups in total. The van der Waals surface area contributed by atoms with E-state index in [4.69, 9.17) is 9.84 Å². The first-order valence-electron chi connectivity index (χ1n) is 9.18. The fraction of sp³-hybridized carbons (Fsp3) is 0.400. The maximum atomic E-state index is 12.6. The number of nitrogens with zero attached hydrogens (tertiary/aromatic N) is 1. The van der Waals surface area contributed by atoms with Gasteiger partial charge in [-0.15, -0.1) is 12.4 Å². The van der Waals surface area contributed by atoms with Crippen molar-refractivity contribution in [1.82, 2.24) is 9.71 Å². The summed E-state index contributed by atoms with van der Waals surface area (Å²) in [6.45, 7) is 0.249. The Morgan fingerprint density at radius 1 is 1.17 bits per heavy atom. The number of pyridine rings is 1. The third kappa shape index (κ3) is 8.39. The highest BCUT2D eigenvalue weighted by molar-refractivity contribution is 7.89. The van der Waals surface area contributed by atoms with Crippen LogP contribution in [0.5, 0.6) is 5.75 Å². The summed E-state index contributed by atoms with van der Waals surface area (Å²) in [5.74, 6) is -0.240. The van der Waals surface area contributed by atoms with E-state index >= 15 is 0 Å². The highest BCUT2D eigenvalue weighted by atomic mass is 35.5. The quantitative estimate of drug-likeness (QED) is 0.486. The Labute approximate surface area is 178 Å². The first-order valence-corrected chi connectivity index (χ1v) is 10.7. The molecule has 1 heterocycles. The molecule has 2 rings (SSSR count). The van der Waals surface area contributed by atoms with Gasteiger partial charge in [0.1, 0.15) is 5.75 Å². The van der Waals surface area contributed by atoms with E-state index in [1.807, 2.05) is 12.1 Å². The lowest BCUT2D eigenvalue weighted by molar-refractivity contribution is -0.137. The number of halogens is 1. The zero-order valence-electron chi connectivity index (χ0n) is 16.3. The molecule has 2 aromatic rings. The van der Waals surface area contributed by atoms with Crippen LogP contribution in [-0.4, -0.2) is 38.1 Å². The Morgan fingerprint density at radius 3 is 2.48 bits per heavy atom. The number of carboxylic acids is 1. The van der Waals surface area contributed by atoms with E-state index < -0.39 is 16.0 Å². The summed E-state index contributed by atoms with van der Waals surface area (Å²) < 4.78 is 32.9. The first-order chi connectivity index (χ1) is 13.4. The molecule has 9 heteroatoms. The molecule has 0 saturated heterocycles. The number of unbranched alkanes of at least 4 members (excludes halogenated alkanes) is 2. The number of sulfonamides is 1. The normalized spacial score (nSPS) is 12.0. The van der Waals surface area contributed by atoms with Crippen LogP contribution >= 0.6 is 12.4 Å². The van der Waals surface area contributed by atoms with Crippen LogP contribution in [0.4, 0.5) is 0 Å². The third-order valence-electron chi connectivity index (χ3n) is 4.49. The molecular weight excluding hydrogens is 416 g/mol. The van der Waals surface area contributed by atoms with Gasteiger partial charge in [-0.25, -0.2) is 13.1 Å². The smallest absolute Gasteiger partial charge is 0.303 e. The van der Waals surface area contributed by atoms with Gasteiger partial charge < -0.3 is 9.84 Å². The molecule has 1 unspecified atom stereocenters. The molecule has 0 aliphatic carbocycles. The van der Waals surface area contributed by atoms with Crippen molar-refractivity contribution in [1.29, 1.82) is 0 Å². The summed E-state index contributed by atoms with van der Waals surface area (Å²) in [6, 6.07) is 9.98. The van der Waals surface area contributed by atoms with E-state index in [9.17, 15) is 13.2 Å². The van der Waals surface area contributed by atoms with Gasteiger partial charge in [-0.3, -0.25) is 9.78 Å². The number of methoxy groups -OCH3 is 1. The fourth-order valence-electron chi connectivity index (χ4n) is 2.90. The zero-order valence-corrected chi connectivity index (χ0v) is 17.9. The van der Waals surface area contributed by atoms with Crippen LogP contribution in [0.2, 0.25) is 0 Å². The number of benzene rings is 1. The number of aliphatic carboxylic acids is 1. The van der Waals surface area contributed by atoms with Crippen LogP contribution in [0.1, 0.15) is 43.6 Å². The maximum absolute atomic E-state index is 12.6. The second-order valence-corrected chi connectivity index (χ2v) is 8.27. The molecule has 0 aliphatic heterocycles. The average Bonchev–Trinajstić information content (AvgIpc) is 2.70. The van der Waals surface area contributed by atoms with Crippen molar-refractivity contribution in [2.24, 2.45) is 0 Å². The van der Waals surface area contributed by atoms with Crippen LogP contribution < -0.4 is 9.46 Å². The van der Waals surface area contributed by atoms with E-state index in [0.29, 0.717) is 12.2 Å². The second-order valence-electron chi connectivity index (χ2n) is 6.50. The number of hydrogen-bond acceptors (Lipinski definition) is 5. The molecule has 0 spiro atoms. The first kappa shape index (κ1) is 24.9. The Hall–Kier alpha value is -2.16. The monoisotopic (exact) mass is 442 g/mol. The predicted octanol–water partition coefficient (Wildman–Crippen LogP) is 3.61. The number of hydrogen-bond donors (Lipinski definition) is 2. The molecule has 160 valence electrons. The Balaban J connectivity index is 0.00000420. The summed E-state index contributed by atoms with van der Waals surface area (Å²) in [7, 11) is -2.11. The van der Waals surface area contributed by atoms with Crippen molar-refractivity contribution in [2.45, 2.75) is 42.9 Å². The standard InChI is InChI=1S/C20H26N2O5S.ClH/c1-27-18-9-11-19(12-10-18)28(25,26)22-15-17(16-7-5-13-21-14-16)6-3-2-4-8-20(23)24;/h5,7,9-14,17,22H,2-4,6,8,15H2,1H3,(H,23,24);1H. The van der Waals surface area contributed by atoms with Crippen LogP contribution in [0, 0.1) is 0 Å². The highest BCUT2D eigenvalue weighted by Gasteiger charge is 2.18. The van der Waals surface area contributed by atoms with Crippen molar-refractivity contribution in [3.05, 3.63) is 54.4 Å². The number of carbonyl (C=O) groups is 1. The third-order valence-corrected chi connectivity index (χ3v) is 5.93. The molecule has 0 fully saturated rings. The van der Waals surface area contributed by atoms with Crippen LogP contribution in [0.3, 0.4) is 0 Å². The fourth-order valence-corrected chi connectivity index (χ4v) is 3.98. The van der Waals surface area contributed by atoms with Crippen molar-refractivity contribution in [3.63, 3.8) is 0 Å². The molecule has 0 amide bonds. The molecule has 0 radical (unpaired) electrons. The summed E-state index contributed by atoms with van der Waals surface area (Å²) in [6.07, 6.45) is 6.54. The van der Waals surface area contributed by atoms with Crippen LogP contribution in [0.15, 0.2) is 53.7 Å². The van der Waals surface area contributed by atoms with Crippen LogP contribution in [-0.2, 0) is 14.8 Å². The molecule has 1 atom stereocenters. The number of aromatic nitrogens is 1. The van der Waals surface area contributed by atoms with Crippen LogP contribution in [0.25, 0.3) is 0 Å². The van der Waals surface area contributed by atoms with Gasteiger partial charge in [0.15, 0.2) is 0 Å². The van der Waals surface area contributed by atoms with Crippen molar-refractivity contribution in [2.75, 3.05) is 13.7 Å². The van der Waals surface area contributed by atoms with E-state index in [2.05, 4.69) is 9.71 Å². The Bertz CT molecular complexity index is 845. The van der Waals surface area contributed by atoms with Gasteiger partial charge in [-0.1, -0.05) is 18.9 Å². The lowest BCUT2D eigenvalue weighted by Crippen LogP contribution is -2.28. The summed E-state index contributed by atoms with van der Waals surface area (Å²) in [4.78, 5) is 14.9. The van der Waals surface area contributed by atoms with E-state index in [1.165, 1.54) is 19.2 Å². The van der Waals surface area contributed by atoms with Gasteiger partial charge in [0.25, 0.3) is 0 Å². The average molecular weight is 443 g/mol. The molecule has 1 aromatic heterocycles. The van der Waals surface area contributed by atoms with Crippen molar-refractivity contribution >= 4 is 28.4 Å². The van der Waals surface area contributed by atoms with E-state index in [-0.39, 0.29) is 36.2 Å². The highest BCUT2D eigenvalue weighted by Crippen LogP contribution is 2.23. The number of carboxylic acid groups (broad SMARTS) is 1. The minimum absolute atomic E-state index is 0. The number of rotatable bonds is 12. The van der Waals surface area contributed by atoms with Gasteiger partial charge in [0, 0.05) is 25.4 Å². The molecular formula is C20H27ClN2O5S. The summed E-state index contributed by atoms with van der Waals surface area (Å²) in [5.41, 5.74) is 0.957. The van der Waals surface area contributed by atoms with E-state index in [1.54, 1.807) is 24.5 Å². The molecule has 0 bridgehead atoms. The predicted molar refractivity (Wildman–Crippen MR) is 113 cm³/mol. The SMILES string of the molecule is COc1ccc(S(=O)(=O)NCC(CCCCCC(=O)O)c2cccnc2)cc1.Cl. The molecule has 7 nitrogen and oxygen atoms in total. The lowest BCUT2D eigenvalue weighted by atomic mass is 9.94. The molecule has 0 saturated carbocycles. The summed E-state index contributed by atoms with van der Waals surface area (Å²) in [5, 5.41) is 8.72. The lowest BCUT2D eigenvalue weighted by Gasteiger charge is -2.18. The Morgan fingerprint density at radius 2 is 1.90 bits per heavy atom. The molecule has 29 heavy (non-hydrogen) atoms. The number of nitrogens with one attached hydrogen (secondary N) is 1. The maximum Gasteiger partial charge on any atom is 0.303 e. The largest absolute Gasteiger partial charge is 0.497 e. The second kappa shape index (κ2) is 12.4. The van der Waals surface area contributed by atoms with Gasteiger partial charge in [-0.2, -0.15) is 0 Å². The minimum Gasteiger partial charge on any atom is -0.497 e. The number of ether oxygens (including phenoxy) is 1. The molecule has 0 aliphatic rings. The summed E-state index contributed by atoms with van der Waals surface area (Å²) >= 11 is 0. The Kier molecular flexibility index (Phi) is 10.6. The minimum atomic E-state index is -3.64. The van der Waals surface area contributed by atoms with Crippen molar-refractivity contribution in [3.8, 4) is 5.75 Å². The zero-order chi connectivity index (χ0) is 20.4. The van der Waals surface area contributed by atoms with Crippen molar-refractivity contribution < 1.29 is 23.1 Å². The topological polar surface area (TPSA) is 106 Å². The van der Waals surface area contributed by atoms with Gasteiger partial charge in [-0.05, 0) is 54.7 Å². The van der Waals surface area contributed by atoms with Gasteiger partial charge >= 0.3 is 5.97 Å².